The molecule has 1 aromatic carbocycles. The van der Waals surface area contributed by atoms with E-state index in [0.29, 0.717) is 6.07 Å². The molecule has 0 spiro atoms. The van der Waals surface area contributed by atoms with Crippen molar-refractivity contribution in [1.29, 1.82) is 0 Å². The summed E-state index contributed by atoms with van der Waals surface area (Å²) in [5, 5.41) is 0. The van der Waals surface area contributed by atoms with Gasteiger partial charge in [0.25, 0.3) is 0 Å². The third-order valence-electron chi connectivity index (χ3n) is 2.45. The van der Waals surface area contributed by atoms with Gasteiger partial charge in [-0.3, -0.25) is 0 Å². The van der Waals surface area contributed by atoms with Crippen molar-refractivity contribution in [3.05, 3.63) is 29.3 Å². The molecule has 0 aliphatic rings. The maximum atomic E-state index is 12.9. The number of nitrogens with two attached hydrogens (primary N) is 1. The predicted octanol–water partition coefficient (Wildman–Crippen LogP) is 0.729. The van der Waals surface area contributed by atoms with E-state index >= 15 is 0 Å². The molecule has 0 bridgehead atoms. The molecule has 3 N–H and O–H groups in total. The predicted molar refractivity (Wildman–Crippen MR) is 67.0 cm³/mol. The molecule has 118 valence electrons. The standard InChI is InChI=1S/C11H13F3N2O4S/c1-20-10(17)8-3-2-7(6-9(8)11(12,13)14)21(18,19)16-5-4-15/h2-3,6,16H,4-5,15H2,1H3. The number of alkyl halides is 3. The quantitative estimate of drug-likeness (QED) is 0.777. The number of halogens is 3. The zero-order chi connectivity index (χ0) is 16.3. The monoisotopic (exact) mass is 326 g/mol. The van der Waals surface area contributed by atoms with Crippen LogP contribution in [-0.2, 0) is 20.9 Å². The lowest BCUT2D eigenvalue weighted by atomic mass is 10.1. The summed E-state index contributed by atoms with van der Waals surface area (Å²) in [4.78, 5) is 10.7. The summed E-state index contributed by atoms with van der Waals surface area (Å²) in [5.74, 6) is -1.21. The lowest BCUT2D eigenvalue weighted by Gasteiger charge is -2.13. The second-order valence-corrected chi connectivity index (χ2v) is 5.65. The summed E-state index contributed by atoms with van der Waals surface area (Å²) in [6.45, 7) is -0.131. The van der Waals surface area contributed by atoms with Gasteiger partial charge in [-0.2, -0.15) is 13.2 Å². The van der Waals surface area contributed by atoms with E-state index in [1.165, 1.54) is 0 Å². The minimum atomic E-state index is -4.90. The van der Waals surface area contributed by atoms with Crippen LogP contribution in [0.15, 0.2) is 23.1 Å². The van der Waals surface area contributed by atoms with Gasteiger partial charge < -0.3 is 10.5 Å². The molecule has 0 atom stereocenters. The van der Waals surface area contributed by atoms with E-state index in [9.17, 15) is 26.4 Å². The molecular formula is C11H13F3N2O4S. The molecule has 0 amide bonds. The fourth-order valence-electron chi connectivity index (χ4n) is 1.49. The Bertz CT molecular complexity index is 629. The number of methoxy groups -OCH3 is 1. The SMILES string of the molecule is COC(=O)c1ccc(S(=O)(=O)NCCN)cc1C(F)(F)F. The van der Waals surface area contributed by atoms with Gasteiger partial charge in [0.15, 0.2) is 0 Å². The van der Waals surface area contributed by atoms with Crippen LogP contribution in [0.4, 0.5) is 13.2 Å². The van der Waals surface area contributed by atoms with Gasteiger partial charge in [-0.1, -0.05) is 0 Å². The van der Waals surface area contributed by atoms with E-state index in [4.69, 9.17) is 5.73 Å². The number of rotatable bonds is 5. The first-order chi connectivity index (χ1) is 9.63. The number of esters is 1. The zero-order valence-corrected chi connectivity index (χ0v) is 11.7. The Kier molecular flexibility index (Phi) is 5.31. The maximum absolute atomic E-state index is 12.9. The average Bonchev–Trinajstić information content (AvgIpc) is 2.42. The van der Waals surface area contributed by atoms with Crippen molar-refractivity contribution in [1.82, 2.24) is 4.72 Å². The van der Waals surface area contributed by atoms with E-state index in [0.717, 1.165) is 19.2 Å². The average molecular weight is 326 g/mol. The fraction of sp³-hybridized carbons (Fsp3) is 0.364. The normalized spacial score (nSPS) is 12.2. The van der Waals surface area contributed by atoms with Gasteiger partial charge in [-0.05, 0) is 18.2 Å². The minimum Gasteiger partial charge on any atom is -0.465 e. The molecule has 21 heavy (non-hydrogen) atoms. The Morgan fingerprint density at radius 2 is 2.00 bits per heavy atom. The number of benzene rings is 1. The van der Waals surface area contributed by atoms with E-state index < -0.39 is 38.2 Å². The first-order valence-corrected chi connectivity index (χ1v) is 7.11. The molecule has 0 unspecified atom stereocenters. The molecule has 6 nitrogen and oxygen atoms in total. The third-order valence-corrected chi connectivity index (χ3v) is 3.91. The molecule has 0 fully saturated rings. The second kappa shape index (κ2) is 6.41. The van der Waals surface area contributed by atoms with Gasteiger partial charge in [-0.15, -0.1) is 0 Å². The number of hydrogen-bond acceptors (Lipinski definition) is 5. The van der Waals surface area contributed by atoms with Crippen molar-refractivity contribution in [2.75, 3.05) is 20.2 Å². The minimum absolute atomic E-state index is 0.00833. The van der Waals surface area contributed by atoms with Crippen molar-refractivity contribution in [2.45, 2.75) is 11.1 Å². The lowest BCUT2D eigenvalue weighted by Crippen LogP contribution is -2.29. The van der Waals surface area contributed by atoms with Crippen LogP contribution < -0.4 is 10.5 Å². The van der Waals surface area contributed by atoms with Crippen LogP contribution in [0.1, 0.15) is 15.9 Å². The van der Waals surface area contributed by atoms with Gasteiger partial charge in [-0.25, -0.2) is 17.9 Å². The Hall–Kier alpha value is -1.65. The summed E-state index contributed by atoms with van der Waals surface area (Å²) in [6.07, 6.45) is -4.90. The van der Waals surface area contributed by atoms with Crippen LogP contribution in [0.25, 0.3) is 0 Å². The van der Waals surface area contributed by atoms with Crippen molar-refractivity contribution >= 4 is 16.0 Å². The topological polar surface area (TPSA) is 98.5 Å². The van der Waals surface area contributed by atoms with Crippen molar-refractivity contribution in [3.63, 3.8) is 0 Å². The van der Waals surface area contributed by atoms with Gasteiger partial charge in [0, 0.05) is 13.1 Å². The van der Waals surface area contributed by atoms with Gasteiger partial charge >= 0.3 is 12.1 Å². The molecule has 10 heteroatoms. The van der Waals surface area contributed by atoms with Gasteiger partial charge in [0.1, 0.15) is 0 Å². The van der Waals surface area contributed by atoms with Crippen LogP contribution in [0.2, 0.25) is 0 Å². The Morgan fingerprint density at radius 3 is 2.48 bits per heavy atom. The summed E-state index contributed by atoms with van der Waals surface area (Å²) in [7, 11) is -3.21. The van der Waals surface area contributed by atoms with Crippen LogP contribution in [0, 0.1) is 0 Å². The van der Waals surface area contributed by atoms with Crippen LogP contribution in [-0.4, -0.2) is 34.6 Å². The maximum Gasteiger partial charge on any atom is 0.417 e. The lowest BCUT2D eigenvalue weighted by molar-refractivity contribution is -0.138. The number of carbonyl (C=O) groups is 1. The molecule has 0 heterocycles. The second-order valence-electron chi connectivity index (χ2n) is 3.88. The third kappa shape index (κ3) is 4.16. The first kappa shape index (κ1) is 17.4. The van der Waals surface area contributed by atoms with E-state index in [1.807, 2.05) is 4.72 Å². The highest BCUT2D eigenvalue weighted by molar-refractivity contribution is 7.89. The highest BCUT2D eigenvalue weighted by Gasteiger charge is 2.36. The molecule has 0 aromatic heterocycles. The smallest absolute Gasteiger partial charge is 0.417 e. The summed E-state index contributed by atoms with van der Waals surface area (Å²) in [6, 6.07) is 2.02. The van der Waals surface area contributed by atoms with Crippen molar-refractivity contribution in [3.8, 4) is 0 Å². The summed E-state index contributed by atoms with van der Waals surface area (Å²) >= 11 is 0. The molecule has 0 aliphatic heterocycles. The Balaban J connectivity index is 3.38. The van der Waals surface area contributed by atoms with E-state index in [-0.39, 0.29) is 13.1 Å². The van der Waals surface area contributed by atoms with E-state index in [2.05, 4.69) is 4.74 Å². The summed E-state index contributed by atoms with van der Waals surface area (Å²) in [5.41, 5.74) is 2.98. The molecule has 1 rings (SSSR count). The highest BCUT2D eigenvalue weighted by Crippen LogP contribution is 2.33. The fourth-order valence-corrected chi connectivity index (χ4v) is 2.56. The number of carbonyl (C=O) groups excluding carboxylic acids is 1. The first-order valence-electron chi connectivity index (χ1n) is 5.62. The Labute approximate surface area is 119 Å². The Morgan fingerprint density at radius 1 is 1.38 bits per heavy atom. The molecule has 0 radical (unpaired) electrons. The highest BCUT2D eigenvalue weighted by atomic mass is 32.2. The number of hydrogen-bond donors (Lipinski definition) is 2. The van der Waals surface area contributed by atoms with Crippen molar-refractivity contribution < 1.29 is 31.1 Å². The van der Waals surface area contributed by atoms with Crippen molar-refractivity contribution in [2.24, 2.45) is 5.73 Å². The largest absolute Gasteiger partial charge is 0.465 e. The summed E-state index contributed by atoms with van der Waals surface area (Å²) < 4.78 is 68.6. The van der Waals surface area contributed by atoms with Gasteiger partial charge in [0.2, 0.25) is 10.0 Å². The number of nitrogens with one attached hydrogen (secondary N) is 1. The molecular weight excluding hydrogens is 313 g/mol. The van der Waals surface area contributed by atoms with E-state index in [1.54, 1.807) is 0 Å². The van der Waals surface area contributed by atoms with Gasteiger partial charge in [0.05, 0.1) is 23.1 Å². The van der Waals surface area contributed by atoms with Crippen LogP contribution in [0.3, 0.4) is 0 Å². The molecule has 0 saturated carbocycles. The number of ether oxygens (including phenoxy) is 1. The molecule has 0 aliphatic carbocycles. The van der Waals surface area contributed by atoms with Crippen LogP contribution in [0.5, 0.6) is 0 Å². The van der Waals surface area contributed by atoms with Crippen LogP contribution >= 0.6 is 0 Å². The molecule has 0 saturated heterocycles. The number of sulfonamides is 1. The molecule has 1 aromatic rings. The zero-order valence-electron chi connectivity index (χ0n) is 10.9.